The number of nitrogens with zero attached hydrogens (tertiary/aromatic N) is 2. The second-order valence-electron chi connectivity index (χ2n) is 3.17. The fraction of sp³-hybridized carbons (Fsp3) is 0.625. The van der Waals surface area contributed by atoms with Crippen molar-refractivity contribution in [3.63, 3.8) is 0 Å². The molecule has 0 fully saturated rings. The van der Waals surface area contributed by atoms with Crippen molar-refractivity contribution in [2.45, 2.75) is 25.1 Å². The molecule has 3 nitrogen and oxygen atoms in total. The van der Waals surface area contributed by atoms with Gasteiger partial charge in [-0.3, -0.25) is 4.68 Å². The average Bonchev–Trinajstić information content (AvgIpc) is 2.41. The Bertz CT molecular complexity index is 318. The Morgan fingerprint density at radius 3 is 2.60 bits per heavy atom. The summed E-state index contributed by atoms with van der Waals surface area (Å²) in [6.45, 7) is 0. The molecule has 0 amide bonds. The summed E-state index contributed by atoms with van der Waals surface area (Å²) in [5.74, 6) is 0. The number of aliphatic hydroxyl groups excluding tert-OH is 1. The molecule has 0 aromatic carbocycles. The number of rotatable bonds is 3. The first-order chi connectivity index (χ1) is 6.81. The summed E-state index contributed by atoms with van der Waals surface area (Å²) in [6, 6.07) is 0. The first-order valence-corrected chi connectivity index (χ1v) is 5.03. The maximum absolute atomic E-state index is 11.9. The molecule has 1 aromatic rings. The van der Waals surface area contributed by atoms with Crippen LogP contribution in [0.15, 0.2) is 10.7 Å². The van der Waals surface area contributed by atoms with Crippen LogP contribution in [-0.4, -0.2) is 21.1 Å². The summed E-state index contributed by atoms with van der Waals surface area (Å²) in [7, 11) is 1.57. The molecule has 1 rings (SSSR count). The van der Waals surface area contributed by atoms with Gasteiger partial charge in [0.15, 0.2) is 0 Å². The van der Waals surface area contributed by atoms with E-state index in [4.69, 9.17) is 0 Å². The fourth-order valence-electron chi connectivity index (χ4n) is 1.23. The van der Waals surface area contributed by atoms with Crippen molar-refractivity contribution in [3.8, 4) is 0 Å². The summed E-state index contributed by atoms with van der Waals surface area (Å²) >= 11 is 3.11. The summed E-state index contributed by atoms with van der Waals surface area (Å²) in [5.41, 5.74) is 0.360. The molecule has 0 bridgehead atoms. The minimum absolute atomic E-state index is 0.359. The number of hydrogen-bond acceptors (Lipinski definition) is 2. The van der Waals surface area contributed by atoms with E-state index < -0.39 is 18.7 Å². The molecule has 0 radical (unpaired) electrons. The van der Waals surface area contributed by atoms with E-state index in [9.17, 15) is 18.3 Å². The van der Waals surface area contributed by atoms with Gasteiger partial charge in [-0.2, -0.15) is 18.3 Å². The van der Waals surface area contributed by atoms with Crippen LogP contribution in [0, 0.1) is 0 Å². The molecule has 1 aromatic heterocycles. The Labute approximate surface area is 93.0 Å². The summed E-state index contributed by atoms with van der Waals surface area (Å²) in [4.78, 5) is 0. The van der Waals surface area contributed by atoms with Crippen LogP contribution >= 0.6 is 15.9 Å². The van der Waals surface area contributed by atoms with Gasteiger partial charge >= 0.3 is 6.18 Å². The lowest BCUT2D eigenvalue weighted by atomic mass is 10.1. The molecule has 0 aliphatic rings. The molecule has 1 unspecified atom stereocenters. The standard InChI is InChI=1S/C8H10BrF3N2O/c1-14-7(5(9)4-13-14)6(15)2-3-8(10,11)12/h4,6,15H,2-3H2,1H3. The highest BCUT2D eigenvalue weighted by atomic mass is 79.9. The molecule has 0 aliphatic carbocycles. The molecule has 15 heavy (non-hydrogen) atoms. The van der Waals surface area contributed by atoms with E-state index in [0.717, 1.165) is 0 Å². The molecule has 1 heterocycles. The fourth-order valence-corrected chi connectivity index (χ4v) is 1.84. The summed E-state index contributed by atoms with van der Waals surface area (Å²) < 4.78 is 37.6. The van der Waals surface area contributed by atoms with E-state index in [1.54, 1.807) is 7.05 Å². The number of aliphatic hydroxyl groups is 1. The van der Waals surface area contributed by atoms with Gasteiger partial charge in [0.2, 0.25) is 0 Å². The molecule has 0 saturated heterocycles. The molecular formula is C8H10BrF3N2O. The molecule has 0 aliphatic heterocycles. The van der Waals surface area contributed by atoms with E-state index >= 15 is 0 Å². The first-order valence-electron chi connectivity index (χ1n) is 4.23. The van der Waals surface area contributed by atoms with Crippen LogP contribution in [0.1, 0.15) is 24.6 Å². The zero-order valence-corrected chi connectivity index (χ0v) is 9.51. The van der Waals surface area contributed by atoms with Crippen molar-refractivity contribution in [2.75, 3.05) is 0 Å². The van der Waals surface area contributed by atoms with Crippen molar-refractivity contribution in [3.05, 3.63) is 16.4 Å². The first kappa shape index (κ1) is 12.5. The van der Waals surface area contributed by atoms with Gasteiger partial charge in [-0.25, -0.2) is 0 Å². The molecule has 1 atom stereocenters. The Morgan fingerprint density at radius 2 is 2.20 bits per heavy atom. The van der Waals surface area contributed by atoms with Crippen molar-refractivity contribution < 1.29 is 18.3 Å². The SMILES string of the molecule is Cn1ncc(Br)c1C(O)CCC(F)(F)F. The minimum atomic E-state index is -4.24. The van der Waals surface area contributed by atoms with Gasteiger partial charge in [0, 0.05) is 13.5 Å². The van der Waals surface area contributed by atoms with Crippen LogP contribution < -0.4 is 0 Å². The lowest BCUT2D eigenvalue weighted by Crippen LogP contribution is -2.12. The Morgan fingerprint density at radius 1 is 1.60 bits per heavy atom. The predicted molar refractivity (Wildman–Crippen MR) is 51.2 cm³/mol. The van der Waals surface area contributed by atoms with E-state index in [1.165, 1.54) is 10.9 Å². The van der Waals surface area contributed by atoms with Gasteiger partial charge in [0.1, 0.15) is 0 Å². The van der Waals surface area contributed by atoms with Gasteiger partial charge in [0.05, 0.1) is 22.5 Å². The van der Waals surface area contributed by atoms with Gasteiger partial charge in [-0.1, -0.05) is 0 Å². The molecular weight excluding hydrogens is 277 g/mol. The third-order valence-corrected chi connectivity index (χ3v) is 2.57. The normalized spacial score (nSPS) is 14.3. The number of halogens is 4. The van der Waals surface area contributed by atoms with Crippen LogP contribution in [-0.2, 0) is 7.05 Å². The Balaban J connectivity index is 2.65. The van der Waals surface area contributed by atoms with Crippen LogP contribution in [0.5, 0.6) is 0 Å². The van der Waals surface area contributed by atoms with E-state index in [-0.39, 0.29) is 6.42 Å². The van der Waals surface area contributed by atoms with Crippen molar-refractivity contribution >= 4 is 15.9 Å². The molecule has 0 spiro atoms. The zero-order chi connectivity index (χ0) is 11.6. The van der Waals surface area contributed by atoms with Crippen LogP contribution in [0.3, 0.4) is 0 Å². The molecule has 0 saturated carbocycles. The Kier molecular flexibility index (Phi) is 3.77. The third-order valence-electron chi connectivity index (χ3n) is 1.95. The number of hydrogen-bond donors (Lipinski definition) is 1. The van der Waals surface area contributed by atoms with Crippen molar-refractivity contribution in [1.29, 1.82) is 0 Å². The van der Waals surface area contributed by atoms with Crippen LogP contribution in [0.4, 0.5) is 13.2 Å². The number of alkyl halides is 3. The van der Waals surface area contributed by atoms with Crippen molar-refractivity contribution in [2.24, 2.45) is 7.05 Å². The van der Waals surface area contributed by atoms with E-state index in [2.05, 4.69) is 21.0 Å². The molecule has 86 valence electrons. The third kappa shape index (κ3) is 3.49. The molecule has 1 N–H and O–H groups in total. The topological polar surface area (TPSA) is 38.0 Å². The number of aryl methyl sites for hydroxylation is 1. The highest BCUT2D eigenvalue weighted by molar-refractivity contribution is 9.10. The minimum Gasteiger partial charge on any atom is -0.387 e. The largest absolute Gasteiger partial charge is 0.389 e. The second-order valence-corrected chi connectivity index (χ2v) is 4.03. The number of aromatic nitrogens is 2. The van der Waals surface area contributed by atoms with Gasteiger partial charge in [-0.15, -0.1) is 0 Å². The van der Waals surface area contributed by atoms with Gasteiger partial charge in [0.25, 0.3) is 0 Å². The summed E-state index contributed by atoms with van der Waals surface area (Å²) in [5, 5.41) is 13.4. The van der Waals surface area contributed by atoms with E-state index in [1.807, 2.05) is 0 Å². The maximum atomic E-state index is 11.9. The highest BCUT2D eigenvalue weighted by Crippen LogP contribution is 2.30. The Hall–Kier alpha value is -0.560. The molecule has 7 heteroatoms. The smallest absolute Gasteiger partial charge is 0.387 e. The second kappa shape index (κ2) is 4.52. The van der Waals surface area contributed by atoms with Crippen LogP contribution in [0.2, 0.25) is 0 Å². The van der Waals surface area contributed by atoms with Gasteiger partial charge in [-0.05, 0) is 22.4 Å². The quantitative estimate of drug-likeness (QED) is 0.927. The van der Waals surface area contributed by atoms with Crippen molar-refractivity contribution in [1.82, 2.24) is 9.78 Å². The monoisotopic (exact) mass is 286 g/mol. The van der Waals surface area contributed by atoms with E-state index in [0.29, 0.717) is 10.2 Å². The summed E-state index contributed by atoms with van der Waals surface area (Å²) in [6.07, 6.45) is -5.33. The van der Waals surface area contributed by atoms with Gasteiger partial charge < -0.3 is 5.11 Å². The van der Waals surface area contributed by atoms with Crippen LogP contribution in [0.25, 0.3) is 0 Å². The zero-order valence-electron chi connectivity index (χ0n) is 7.92. The lowest BCUT2D eigenvalue weighted by molar-refractivity contribution is -0.140. The highest BCUT2D eigenvalue weighted by Gasteiger charge is 2.29. The lowest BCUT2D eigenvalue weighted by Gasteiger charge is -2.13. The predicted octanol–water partition coefficient (Wildman–Crippen LogP) is 2.56. The average molecular weight is 287 g/mol. The maximum Gasteiger partial charge on any atom is 0.389 e.